The smallest absolute Gasteiger partial charge is 0.410 e. The van der Waals surface area contributed by atoms with Gasteiger partial charge in [0.15, 0.2) is 9.84 Å². The van der Waals surface area contributed by atoms with Crippen LogP contribution in [0.4, 0.5) is 20.7 Å². The highest BCUT2D eigenvalue weighted by atomic mass is 32.2. The van der Waals surface area contributed by atoms with Crippen molar-refractivity contribution in [2.45, 2.75) is 87.5 Å². The molecule has 1 N–H and O–H groups in total. The van der Waals surface area contributed by atoms with Crippen molar-refractivity contribution in [2.24, 2.45) is 0 Å². The average Bonchev–Trinajstić information content (AvgIpc) is 3.52. The van der Waals surface area contributed by atoms with E-state index in [1.807, 2.05) is 11.8 Å². The van der Waals surface area contributed by atoms with Gasteiger partial charge in [0, 0.05) is 31.2 Å². The molecule has 1 amide bonds. The molecule has 3 aliphatic rings. The molecule has 3 heterocycles. The van der Waals surface area contributed by atoms with Gasteiger partial charge in [-0.3, -0.25) is 0 Å². The Morgan fingerprint density at radius 2 is 1.89 bits per heavy atom. The number of rotatable bonds is 6. The molecule has 2 unspecified atom stereocenters. The standard InChI is InChI=1S/C25H31FN4O5S/c1-15-22(29-21-8-7-19(13-20(21)26)36(3,32)33)27-14-28-23(15)34-18-11-16-5-4-6-17(12-18)30(16)24(31)35-25(2)9-10-25/h7-8,13-14,16-18H,4-6,9-12H2,1-3H3,(H,27,28,29). The van der Waals surface area contributed by atoms with Crippen molar-refractivity contribution in [3.8, 4) is 5.88 Å². The summed E-state index contributed by atoms with van der Waals surface area (Å²) in [6.07, 6.45) is 8.18. The molecule has 1 aliphatic carbocycles. The number of benzene rings is 1. The third-order valence-corrected chi connectivity index (χ3v) is 8.48. The van der Waals surface area contributed by atoms with Gasteiger partial charge in [0.25, 0.3) is 0 Å². The SMILES string of the molecule is Cc1c(Nc2ccc(S(C)(=O)=O)cc2F)ncnc1OC1CC2CCCC(C1)N2C(=O)OC1(C)CC1. The van der Waals surface area contributed by atoms with Gasteiger partial charge >= 0.3 is 6.09 Å². The number of amides is 1. The number of carbonyl (C=O) groups is 1. The minimum absolute atomic E-state index is 0.0690. The first kappa shape index (κ1) is 24.7. The van der Waals surface area contributed by atoms with Crippen LogP contribution in [-0.2, 0) is 14.6 Å². The van der Waals surface area contributed by atoms with Crippen LogP contribution in [-0.4, -0.2) is 59.4 Å². The van der Waals surface area contributed by atoms with Gasteiger partial charge in [-0.25, -0.2) is 27.6 Å². The molecule has 3 fully saturated rings. The van der Waals surface area contributed by atoms with Crippen LogP contribution in [0, 0.1) is 12.7 Å². The zero-order chi connectivity index (χ0) is 25.7. The number of fused-ring (bicyclic) bond motifs is 2. The maximum Gasteiger partial charge on any atom is 0.410 e. The summed E-state index contributed by atoms with van der Waals surface area (Å²) in [5.74, 6) is 0.0562. The predicted octanol–water partition coefficient (Wildman–Crippen LogP) is 4.52. The molecule has 2 saturated heterocycles. The Balaban J connectivity index is 1.28. The van der Waals surface area contributed by atoms with E-state index in [-0.39, 0.29) is 40.5 Å². The Morgan fingerprint density at radius 3 is 2.50 bits per heavy atom. The number of piperidine rings is 2. The Labute approximate surface area is 210 Å². The summed E-state index contributed by atoms with van der Waals surface area (Å²) in [4.78, 5) is 23.2. The van der Waals surface area contributed by atoms with Crippen molar-refractivity contribution < 1.29 is 27.1 Å². The first-order chi connectivity index (χ1) is 17.0. The van der Waals surface area contributed by atoms with Crippen molar-refractivity contribution in [3.63, 3.8) is 0 Å². The number of halogens is 1. The van der Waals surface area contributed by atoms with E-state index in [2.05, 4.69) is 15.3 Å². The fourth-order valence-electron chi connectivity index (χ4n) is 5.06. The van der Waals surface area contributed by atoms with E-state index >= 15 is 0 Å². The number of ether oxygens (including phenoxy) is 2. The second kappa shape index (κ2) is 9.17. The molecule has 1 saturated carbocycles. The van der Waals surface area contributed by atoms with Crippen molar-refractivity contribution in [1.29, 1.82) is 0 Å². The summed E-state index contributed by atoms with van der Waals surface area (Å²) in [5.41, 5.74) is 0.406. The molecule has 2 aliphatic heterocycles. The molecular formula is C25H31FN4O5S. The van der Waals surface area contributed by atoms with E-state index in [0.29, 0.717) is 30.1 Å². The Hall–Kier alpha value is -2.95. The lowest BCUT2D eigenvalue weighted by Gasteiger charge is -2.48. The van der Waals surface area contributed by atoms with E-state index in [1.165, 1.54) is 18.5 Å². The second-order valence-corrected chi connectivity index (χ2v) is 12.4. The van der Waals surface area contributed by atoms with Crippen LogP contribution in [0.5, 0.6) is 5.88 Å². The van der Waals surface area contributed by atoms with Gasteiger partial charge in [-0.2, -0.15) is 0 Å². The molecule has 2 aromatic rings. The van der Waals surface area contributed by atoms with Gasteiger partial charge in [0.05, 0.1) is 16.1 Å². The molecule has 1 aromatic carbocycles. The number of nitrogens with one attached hydrogen (secondary N) is 1. The first-order valence-corrected chi connectivity index (χ1v) is 14.2. The predicted molar refractivity (Wildman–Crippen MR) is 131 cm³/mol. The summed E-state index contributed by atoms with van der Waals surface area (Å²) >= 11 is 0. The number of nitrogens with zero attached hydrogens (tertiary/aromatic N) is 3. The van der Waals surface area contributed by atoms with Crippen molar-refractivity contribution in [3.05, 3.63) is 35.9 Å². The zero-order valence-electron chi connectivity index (χ0n) is 20.7. The fourth-order valence-corrected chi connectivity index (χ4v) is 5.69. The van der Waals surface area contributed by atoms with Crippen LogP contribution in [0.2, 0.25) is 0 Å². The van der Waals surface area contributed by atoms with Gasteiger partial charge in [0.2, 0.25) is 5.88 Å². The quantitative estimate of drug-likeness (QED) is 0.594. The Morgan fingerprint density at radius 1 is 1.19 bits per heavy atom. The monoisotopic (exact) mass is 518 g/mol. The summed E-state index contributed by atoms with van der Waals surface area (Å²) in [6, 6.07) is 3.83. The van der Waals surface area contributed by atoms with Crippen LogP contribution in [0.3, 0.4) is 0 Å². The Kier molecular flexibility index (Phi) is 6.30. The molecule has 0 spiro atoms. The third kappa shape index (κ3) is 5.11. The van der Waals surface area contributed by atoms with E-state index in [9.17, 15) is 17.6 Å². The minimum Gasteiger partial charge on any atom is -0.474 e. The zero-order valence-corrected chi connectivity index (χ0v) is 21.5. The van der Waals surface area contributed by atoms with Crippen molar-refractivity contribution >= 4 is 27.4 Å². The maximum atomic E-state index is 14.6. The van der Waals surface area contributed by atoms with Gasteiger partial charge in [-0.1, -0.05) is 0 Å². The van der Waals surface area contributed by atoms with Crippen LogP contribution in [0.25, 0.3) is 0 Å². The van der Waals surface area contributed by atoms with E-state index in [1.54, 1.807) is 6.92 Å². The largest absolute Gasteiger partial charge is 0.474 e. The molecule has 11 heteroatoms. The molecule has 1 aromatic heterocycles. The highest BCUT2D eigenvalue weighted by molar-refractivity contribution is 7.90. The van der Waals surface area contributed by atoms with Gasteiger partial charge in [-0.05, 0) is 64.2 Å². The maximum absolute atomic E-state index is 14.6. The molecule has 2 bridgehead atoms. The lowest BCUT2D eigenvalue weighted by molar-refractivity contribution is -0.0298. The minimum atomic E-state index is -3.51. The summed E-state index contributed by atoms with van der Waals surface area (Å²) in [6.45, 7) is 3.76. The summed E-state index contributed by atoms with van der Waals surface area (Å²) in [7, 11) is -3.51. The summed E-state index contributed by atoms with van der Waals surface area (Å²) in [5, 5.41) is 2.92. The highest BCUT2D eigenvalue weighted by Gasteiger charge is 2.47. The molecular weight excluding hydrogens is 487 g/mol. The lowest BCUT2D eigenvalue weighted by Crippen LogP contribution is -2.57. The molecule has 2 atom stereocenters. The molecule has 5 rings (SSSR count). The van der Waals surface area contributed by atoms with Crippen LogP contribution in [0.1, 0.15) is 57.4 Å². The van der Waals surface area contributed by atoms with Crippen LogP contribution in [0.15, 0.2) is 29.4 Å². The molecule has 9 nitrogen and oxygen atoms in total. The molecule has 36 heavy (non-hydrogen) atoms. The number of sulfone groups is 1. The number of hydrogen-bond acceptors (Lipinski definition) is 8. The third-order valence-electron chi connectivity index (χ3n) is 7.37. The van der Waals surface area contributed by atoms with Gasteiger partial charge < -0.3 is 19.7 Å². The lowest BCUT2D eigenvalue weighted by atomic mass is 9.83. The number of hydrogen-bond donors (Lipinski definition) is 1. The summed E-state index contributed by atoms with van der Waals surface area (Å²) < 4.78 is 50.0. The average molecular weight is 519 g/mol. The fraction of sp³-hybridized carbons (Fsp3) is 0.560. The van der Waals surface area contributed by atoms with Gasteiger partial charge in [0.1, 0.15) is 29.7 Å². The number of aromatic nitrogens is 2. The molecule has 194 valence electrons. The van der Waals surface area contributed by atoms with Crippen LogP contribution >= 0.6 is 0 Å². The van der Waals surface area contributed by atoms with Crippen LogP contribution < -0.4 is 10.1 Å². The Bertz CT molecular complexity index is 1270. The topological polar surface area (TPSA) is 111 Å². The second-order valence-electron chi connectivity index (χ2n) is 10.4. The van der Waals surface area contributed by atoms with E-state index < -0.39 is 15.7 Å². The van der Waals surface area contributed by atoms with Crippen molar-refractivity contribution in [2.75, 3.05) is 11.6 Å². The van der Waals surface area contributed by atoms with Crippen molar-refractivity contribution in [1.82, 2.24) is 14.9 Å². The first-order valence-electron chi connectivity index (χ1n) is 12.3. The number of anilines is 2. The number of carbonyl (C=O) groups excluding carboxylic acids is 1. The highest BCUT2D eigenvalue weighted by Crippen LogP contribution is 2.42. The molecule has 0 radical (unpaired) electrons. The normalized spacial score (nSPS) is 24.7. The van der Waals surface area contributed by atoms with E-state index in [4.69, 9.17) is 9.47 Å². The van der Waals surface area contributed by atoms with E-state index in [0.717, 1.165) is 44.4 Å². The van der Waals surface area contributed by atoms with Gasteiger partial charge in [-0.15, -0.1) is 0 Å².